The largest absolute Gasteiger partial charge is 0.490 e. The second-order valence-corrected chi connectivity index (χ2v) is 10.0. The highest BCUT2D eigenvalue weighted by Crippen LogP contribution is 2.39. The number of alkyl halides is 6. The number of nitrogens with zero attached hydrogens (tertiary/aromatic N) is 6. The van der Waals surface area contributed by atoms with E-state index in [-0.39, 0.29) is 17.4 Å². The van der Waals surface area contributed by atoms with Gasteiger partial charge in [-0.15, -0.1) is 10.2 Å². The Kier molecular flexibility index (Phi) is 11.3. The minimum atomic E-state index is -5.08. The fraction of sp³-hybridized carbons (Fsp3) is 0.407. The van der Waals surface area contributed by atoms with Crippen LogP contribution >= 0.6 is 0 Å². The molecular weight excluding hydrogens is 637 g/mol. The summed E-state index contributed by atoms with van der Waals surface area (Å²) in [5.74, 6) is -4.37. The number of hydrogen-bond donors (Lipinski definition) is 2. The van der Waals surface area contributed by atoms with E-state index >= 15 is 0 Å². The Morgan fingerprint density at radius 2 is 1.48 bits per heavy atom. The predicted octanol–water partition coefficient (Wildman–Crippen LogP) is 4.32. The molecule has 5 rings (SSSR count). The maximum absolute atomic E-state index is 13.5. The summed E-state index contributed by atoms with van der Waals surface area (Å²) in [5.41, 5.74) is 1.50. The van der Waals surface area contributed by atoms with Crippen LogP contribution in [0.1, 0.15) is 24.4 Å². The standard InChI is InChI=1S/C23H25FN6O2.2C2HF3O2/c1-32-22(31)29-15-20-26-27-21(17-5-7-18(24)8-6-17)30(20)23(16-29)9-12-28(13-10-23)14-19-4-2-3-11-25-19;2*3-2(4,5)1(6)7/h2-8,11H,9-10,12-16H2,1H3;2*(H,6,7). The number of ether oxygens (including phenoxy) is 1. The number of carbonyl (C=O) groups is 3. The third-order valence-electron chi connectivity index (χ3n) is 6.94. The van der Waals surface area contributed by atoms with Crippen molar-refractivity contribution in [2.24, 2.45) is 0 Å². The van der Waals surface area contributed by atoms with E-state index in [2.05, 4.69) is 24.6 Å². The van der Waals surface area contributed by atoms with Crippen LogP contribution in [0.25, 0.3) is 11.4 Å². The quantitative estimate of drug-likeness (QED) is 0.388. The molecule has 0 saturated carbocycles. The molecule has 4 heterocycles. The monoisotopic (exact) mass is 664 g/mol. The van der Waals surface area contributed by atoms with Crippen LogP contribution < -0.4 is 0 Å². The van der Waals surface area contributed by atoms with Gasteiger partial charge in [0.2, 0.25) is 0 Å². The molecule has 2 aliphatic heterocycles. The number of pyridine rings is 1. The van der Waals surface area contributed by atoms with Crippen molar-refractivity contribution >= 4 is 18.0 Å². The normalized spacial score (nSPS) is 15.9. The number of rotatable bonds is 3. The molecule has 0 unspecified atom stereocenters. The molecule has 12 nitrogen and oxygen atoms in total. The molecule has 0 aliphatic carbocycles. The molecule has 1 aromatic carbocycles. The summed E-state index contributed by atoms with van der Waals surface area (Å²) in [6.45, 7) is 3.35. The lowest BCUT2D eigenvalue weighted by atomic mass is 9.84. The molecule has 2 N–H and O–H groups in total. The van der Waals surface area contributed by atoms with Gasteiger partial charge in [0.05, 0.1) is 24.9 Å². The van der Waals surface area contributed by atoms with Gasteiger partial charge in [-0.2, -0.15) is 26.3 Å². The number of methoxy groups -OCH3 is 1. The number of benzene rings is 1. The van der Waals surface area contributed by atoms with Gasteiger partial charge in [0, 0.05) is 37.9 Å². The van der Waals surface area contributed by atoms with Gasteiger partial charge in [-0.3, -0.25) is 14.8 Å². The number of carboxylic acids is 2. The second-order valence-electron chi connectivity index (χ2n) is 10.0. The zero-order valence-electron chi connectivity index (χ0n) is 23.9. The molecule has 2 aliphatic rings. The summed E-state index contributed by atoms with van der Waals surface area (Å²) in [4.78, 5) is 38.7. The first-order valence-corrected chi connectivity index (χ1v) is 13.2. The van der Waals surface area contributed by atoms with Gasteiger partial charge in [-0.25, -0.2) is 18.8 Å². The topological polar surface area (TPSA) is 151 Å². The van der Waals surface area contributed by atoms with Crippen LogP contribution in [0.2, 0.25) is 0 Å². The van der Waals surface area contributed by atoms with Crippen molar-refractivity contribution in [3.8, 4) is 11.4 Å². The average molecular weight is 665 g/mol. The summed E-state index contributed by atoms with van der Waals surface area (Å²) >= 11 is 0. The van der Waals surface area contributed by atoms with Crippen molar-refractivity contribution in [3.63, 3.8) is 0 Å². The Bertz CT molecular complexity index is 1470. The number of hydrogen-bond acceptors (Lipinski definition) is 8. The number of likely N-dealkylation sites (tertiary alicyclic amines) is 1. The smallest absolute Gasteiger partial charge is 0.475 e. The Morgan fingerprint density at radius 1 is 0.913 bits per heavy atom. The van der Waals surface area contributed by atoms with Crippen molar-refractivity contribution in [1.29, 1.82) is 0 Å². The van der Waals surface area contributed by atoms with Crippen molar-refractivity contribution in [1.82, 2.24) is 29.5 Å². The molecule has 2 aromatic heterocycles. The summed E-state index contributed by atoms with van der Waals surface area (Å²) in [7, 11) is 1.40. The number of amides is 1. The van der Waals surface area contributed by atoms with Crippen molar-refractivity contribution < 1.29 is 60.1 Å². The van der Waals surface area contributed by atoms with E-state index in [4.69, 9.17) is 24.5 Å². The lowest BCUT2D eigenvalue weighted by molar-refractivity contribution is -0.193. The summed E-state index contributed by atoms with van der Waals surface area (Å²) < 4.78 is 84.2. The highest BCUT2D eigenvalue weighted by molar-refractivity contribution is 5.73. The molecule has 1 spiro atoms. The lowest BCUT2D eigenvalue weighted by Gasteiger charge is -2.48. The molecule has 1 saturated heterocycles. The van der Waals surface area contributed by atoms with Crippen LogP contribution in [-0.4, -0.2) is 96.9 Å². The van der Waals surface area contributed by atoms with Gasteiger partial charge in [-0.1, -0.05) is 6.07 Å². The van der Waals surface area contributed by atoms with Crippen LogP contribution in [0.5, 0.6) is 0 Å². The summed E-state index contributed by atoms with van der Waals surface area (Å²) in [5, 5.41) is 23.1. The number of halogens is 7. The van der Waals surface area contributed by atoms with Crippen molar-refractivity contribution in [2.45, 2.75) is 43.8 Å². The minimum Gasteiger partial charge on any atom is -0.475 e. The zero-order chi connectivity index (χ0) is 34.3. The average Bonchev–Trinajstić information content (AvgIpc) is 3.44. The molecule has 19 heteroatoms. The molecule has 1 amide bonds. The highest BCUT2D eigenvalue weighted by atomic mass is 19.4. The Balaban J connectivity index is 0.000000345. The van der Waals surface area contributed by atoms with Crippen molar-refractivity contribution in [2.75, 3.05) is 26.7 Å². The van der Waals surface area contributed by atoms with E-state index in [0.717, 1.165) is 49.6 Å². The van der Waals surface area contributed by atoms with E-state index < -0.39 is 24.3 Å². The van der Waals surface area contributed by atoms with Gasteiger partial charge in [0.1, 0.15) is 5.82 Å². The Labute approximate surface area is 256 Å². The number of aliphatic carboxylic acids is 2. The molecule has 46 heavy (non-hydrogen) atoms. The first kappa shape index (κ1) is 35.7. The van der Waals surface area contributed by atoms with Gasteiger partial charge in [-0.05, 0) is 49.2 Å². The number of carbonyl (C=O) groups excluding carboxylic acids is 1. The summed E-state index contributed by atoms with van der Waals surface area (Å²) in [6, 6.07) is 12.3. The SMILES string of the molecule is COC(=O)N1Cc2nnc(-c3ccc(F)cc3)n2C2(CCN(Cc3ccccn3)CC2)C1.O=C(O)C(F)(F)F.O=C(O)C(F)(F)F. The maximum Gasteiger partial charge on any atom is 0.490 e. The van der Waals surface area contributed by atoms with Crippen LogP contribution in [0.4, 0.5) is 35.5 Å². The van der Waals surface area contributed by atoms with Gasteiger partial charge >= 0.3 is 30.4 Å². The molecular formula is C27H27F7N6O6. The highest BCUT2D eigenvalue weighted by Gasteiger charge is 2.46. The van der Waals surface area contributed by atoms with E-state index in [1.807, 2.05) is 24.4 Å². The molecule has 0 radical (unpaired) electrons. The summed E-state index contributed by atoms with van der Waals surface area (Å²) in [6.07, 6.45) is -7.06. The second kappa shape index (κ2) is 14.5. The fourth-order valence-corrected chi connectivity index (χ4v) is 4.84. The van der Waals surface area contributed by atoms with Crippen LogP contribution in [0, 0.1) is 5.82 Å². The molecule has 3 aromatic rings. The van der Waals surface area contributed by atoms with Crippen molar-refractivity contribution in [3.05, 3.63) is 66.0 Å². The molecule has 250 valence electrons. The maximum atomic E-state index is 13.5. The number of piperidine rings is 1. The molecule has 1 fully saturated rings. The molecule has 0 atom stereocenters. The zero-order valence-corrected chi connectivity index (χ0v) is 23.9. The van der Waals surface area contributed by atoms with Crippen LogP contribution in [0.15, 0.2) is 48.7 Å². The Morgan fingerprint density at radius 3 is 1.96 bits per heavy atom. The van der Waals surface area contributed by atoms with E-state index in [1.54, 1.807) is 17.0 Å². The first-order valence-electron chi connectivity index (χ1n) is 13.2. The lowest BCUT2D eigenvalue weighted by Crippen LogP contribution is -2.57. The number of carboxylic acid groups (broad SMARTS) is 2. The third kappa shape index (κ3) is 9.11. The van der Waals surface area contributed by atoms with Crippen LogP contribution in [0.3, 0.4) is 0 Å². The predicted molar refractivity (Wildman–Crippen MR) is 142 cm³/mol. The van der Waals surface area contributed by atoms with Crippen LogP contribution in [-0.2, 0) is 33.0 Å². The first-order chi connectivity index (χ1) is 21.5. The van der Waals surface area contributed by atoms with Gasteiger partial charge in [0.15, 0.2) is 11.6 Å². The minimum absolute atomic E-state index is 0.290. The van der Waals surface area contributed by atoms with E-state index in [0.29, 0.717) is 18.9 Å². The molecule has 0 bridgehead atoms. The van der Waals surface area contributed by atoms with E-state index in [9.17, 15) is 35.5 Å². The third-order valence-corrected chi connectivity index (χ3v) is 6.94. The number of aromatic nitrogens is 4. The van der Waals surface area contributed by atoms with Gasteiger partial charge < -0.3 is 19.5 Å². The fourth-order valence-electron chi connectivity index (χ4n) is 4.84. The van der Waals surface area contributed by atoms with Gasteiger partial charge in [0.25, 0.3) is 0 Å². The number of fused-ring (bicyclic) bond motifs is 2. The Hall–Kier alpha value is -4.81. The van der Waals surface area contributed by atoms with E-state index in [1.165, 1.54) is 19.2 Å².